The zero-order valence-electron chi connectivity index (χ0n) is 13.7. The van der Waals surface area contributed by atoms with Gasteiger partial charge in [0.2, 0.25) is 0 Å². The summed E-state index contributed by atoms with van der Waals surface area (Å²) < 4.78 is 35.9. The fourth-order valence-corrected chi connectivity index (χ4v) is 2.29. The summed E-state index contributed by atoms with van der Waals surface area (Å²) in [5.74, 6) is -0.259. The first-order chi connectivity index (χ1) is 11.4. The number of nitrogens with one attached hydrogen (secondary N) is 1. The molecule has 0 atom stereocenters. The Hall–Kier alpha value is -2.48. The Bertz CT molecular complexity index is 693. The number of aryl methyl sites for hydroxylation is 2. The normalized spacial score (nSPS) is 10.9. The number of rotatable bonds is 7. The molecule has 0 radical (unpaired) electrons. The zero-order valence-corrected chi connectivity index (χ0v) is 13.7. The van der Waals surface area contributed by atoms with Crippen LogP contribution in [-0.4, -0.2) is 36.0 Å². The van der Waals surface area contributed by atoms with Crippen molar-refractivity contribution in [2.45, 2.75) is 27.0 Å². The highest BCUT2D eigenvalue weighted by molar-refractivity contribution is 6.04. The molecular weight excluding hydrogens is 320 g/mol. The Balaban J connectivity index is 2.11. The quantitative estimate of drug-likeness (QED) is 0.842. The molecule has 0 saturated heterocycles. The van der Waals surface area contributed by atoms with Gasteiger partial charge in [-0.1, -0.05) is 0 Å². The molecule has 1 N–H and O–H groups in total. The molecule has 1 aromatic carbocycles. The second-order valence-electron chi connectivity index (χ2n) is 5.26. The third-order valence-electron chi connectivity index (χ3n) is 3.35. The largest absolute Gasteiger partial charge is 0.434 e. The van der Waals surface area contributed by atoms with Crippen LogP contribution in [0.5, 0.6) is 5.75 Å². The number of aromatic nitrogens is 2. The number of benzene rings is 1. The summed E-state index contributed by atoms with van der Waals surface area (Å²) >= 11 is 0. The number of methoxy groups -OCH3 is 1. The van der Waals surface area contributed by atoms with Gasteiger partial charge in [0.15, 0.2) is 0 Å². The molecule has 0 aliphatic rings. The van der Waals surface area contributed by atoms with Crippen LogP contribution in [0.15, 0.2) is 24.5 Å². The Labute approximate surface area is 138 Å². The van der Waals surface area contributed by atoms with E-state index in [9.17, 15) is 13.6 Å². The van der Waals surface area contributed by atoms with Crippen LogP contribution in [0.1, 0.15) is 21.5 Å². The number of amides is 1. The molecule has 0 unspecified atom stereocenters. The highest BCUT2D eigenvalue weighted by Gasteiger charge is 2.15. The number of carbonyl (C=O) groups is 1. The Morgan fingerprint density at radius 2 is 2.00 bits per heavy atom. The molecular formula is C16H19F2N3O3. The first kappa shape index (κ1) is 17.9. The van der Waals surface area contributed by atoms with Crippen LogP contribution >= 0.6 is 0 Å². The number of halogens is 2. The minimum absolute atomic E-state index is 0.0916. The summed E-state index contributed by atoms with van der Waals surface area (Å²) in [5, 5.41) is 6.82. The van der Waals surface area contributed by atoms with E-state index in [4.69, 9.17) is 4.74 Å². The minimum Gasteiger partial charge on any atom is -0.434 e. The van der Waals surface area contributed by atoms with Crippen molar-refractivity contribution < 1.29 is 23.0 Å². The number of ether oxygens (including phenoxy) is 2. The molecule has 0 aliphatic heterocycles. The molecule has 0 bridgehead atoms. The van der Waals surface area contributed by atoms with Crippen molar-refractivity contribution in [1.82, 2.24) is 9.78 Å². The number of alkyl halides is 2. The van der Waals surface area contributed by atoms with E-state index in [1.807, 2.05) is 0 Å². The number of hydrogen-bond donors (Lipinski definition) is 1. The second-order valence-corrected chi connectivity index (χ2v) is 5.26. The molecule has 2 aromatic rings. The predicted molar refractivity (Wildman–Crippen MR) is 84.6 cm³/mol. The lowest BCUT2D eigenvalue weighted by Gasteiger charge is -2.13. The van der Waals surface area contributed by atoms with Gasteiger partial charge in [-0.25, -0.2) is 0 Å². The predicted octanol–water partition coefficient (Wildman–Crippen LogP) is 3.00. The van der Waals surface area contributed by atoms with Gasteiger partial charge in [0, 0.05) is 18.9 Å². The average molecular weight is 339 g/mol. The molecule has 1 amide bonds. The summed E-state index contributed by atoms with van der Waals surface area (Å²) in [6, 6.07) is 3.02. The van der Waals surface area contributed by atoms with E-state index in [0.29, 0.717) is 35.5 Å². The average Bonchev–Trinajstić information content (AvgIpc) is 2.95. The van der Waals surface area contributed by atoms with Crippen LogP contribution < -0.4 is 10.1 Å². The van der Waals surface area contributed by atoms with E-state index < -0.39 is 6.61 Å². The first-order valence-corrected chi connectivity index (χ1v) is 7.29. The van der Waals surface area contributed by atoms with Crippen LogP contribution in [0, 0.1) is 13.8 Å². The van der Waals surface area contributed by atoms with Crippen molar-refractivity contribution in [2.24, 2.45) is 0 Å². The van der Waals surface area contributed by atoms with Gasteiger partial charge in [0.1, 0.15) is 5.75 Å². The third kappa shape index (κ3) is 4.51. The van der Waals surface area contributed by atoms with Gasteiger partial charge in [0.25, 0.3) is 5.91 Å². The lowest BCUT2D eigenvalue weighted by molar-refractivity contribution is -0.0507. The van der Waals surface area contributed by atoms with Crippen LogP contribution in [0.25, 0.3) is 0 Å². The van der Waals surface area contributed by atoms with Crippen LogP contribution in [-0.2, 0) is 11.3 Å². The smallest absolute Gasteiger partial charge is 0.387 e. The molecule has 8 heteroatoms. The molecule has 24 heavy (non-hydrogen) atoms. The summed E-state index contributed by atoms with van der Waals surface area (Å²) in [6.45, 7) is 1.41. The van der Waals surface area contributed by atoms with Gasteiger partial charge in [0.05, 0.1) is 25.0 Å². The maximum Gasteiger partial charge on any atom is 0.387 e. The van der Waals surface area contributed by atoms with E-state index in [1.165, 1.54) is 18.3 Å². The van der Waals surface area contributed by atoms with Crippen molar-refractivity contribution in [3.63, 3.8) is 0 Å². The lowest BCUT2D eigenvalue weighted by Crippen LogP contribution is -2.13. The molecule has 2 rings (SSSR count). The summed E-state index contributed by atoms with van der Waals surface area (Å²) in [6.07, 6.45) is 3.21. The molecule has 0 saturated carbocycles. The highest BCUT2D eigenvalue weighted by Crippen LogP contribution is 2.26. The van der Waals surface area contributed by atoms with Crippen molar-refractivity contribution in [1.29, 1.82) is 0 Å². The molecule has 0 spiro atoms. The third-order valence-corrected chi connectivity index (χ3v) is 3.35. The van der Waals surface area contributed by atoms with Crippen LogP contribution in [0.4, 0.5) is 14.5 Å². The fraction of sp³-hybridized carbons (Fsp3) is 0.375. The summed E-state index contributed by atoms with van der Waals surface area (Å²) in [7, 11) is 1.60. The van der Waals surface area contributed by atoms with E-state index in [0.717, 1.165) is 0 Å². The molecule has 1 aromatic heterocycles. The topological polar surface area (TPSA) is 65.4 Å². The SMILES string of the molecule is COCCn1cc(NC(=O)c2cc(C)c(OC(F)F)c(C)c2)cn1. The highest BCUT2D eigenvalue weighted by atomic mass is 19.3. The molecule has 130 valence electrons. The molecule has 0 aliphatic carbocycles. The number of nitrogens with zero attached hydrogens (tertiary/aromatic N) is 2. The van der Waals surface area contributed by atoms with Gasteiger partial charge in [-0.3, -0.25) is 9.48 Å². The Kier molecular flexibility index (Phi) is 5.86. The fourth-order valence-electron chi connectivity index (χ4n) is 2.29. The lowest BCUT2D eigenvalue weighted by atomic mass is 10.1. The minimum atomic E-state index is -2.90. The Morgan fingerprint density at radius 1 is 1.33 bits per heavy atom. The van der Waals surface area contributed by atoms with E-state index in [-0.39, 0.29) is 11.7 Å². The van der Waals surface area contributed by atoms with Crippen molar-refractivity contribution in [3.8, 4) is 5.75 Å². The number of anilines is 1. The second kappa shape index (κ2) is 7.87. The van der Waals surface area contributed by atoms with E-state index in [1.54, 1.807) is 31.8 Å². The van der Waals surface area contributed by atoms with Crippen LogP contribution in [0.2, 0.25) is 0 Å². The van der Waals surface area contributed by atoms with Crippen LogP contribution in [0.3, 0.4) is 0 Å². The molecule has 6 nitrogen and oxygen atoms in total. The van der Waals surface area contributed by atoms with Gasteiger partial charge >= 0.3 is 6.61 Å². The van der Waals surface area contributed by atoms with Gasteiger partial charge in [-0.15, -0.1) is 0 Å². The van der Waals surface area contributed by atoms with Gasteiger partial charge in [-0.2, -0.15) is 13.9 Å². The maximum absolute atomic E-state index is 12.4. The molecule has 1 heterocycles. The monoisotopic (exact) mass is 339 g/mol. The van der Waals surface area contributed by atoms with Crippen molar-refractivity contribution in [3.05, 3.63) is 41.2 Å². The maximum atomic E-state index is 12.4. The van der Waals surface area contributed by atoms with Gasteiger partial charge in [-0.05, 0) is 37.1 Å². The van der Waals surface area contributed by atoms with Crippen molar-refractivity contribution >= 4 is 11.6 Å². The number of hydrogen-bond acceptors (Lipinski definition) is 4. The van der Waals surface area contributed by atoms with E-state index in [2.05, 4.69) is 15.2 Å². The molecule has 0 fully saturated rings. The Morgan fingerprint density at radius 3 is 2.58 bits per heavy atom. The van der Waals surface area contributed by atoms with Gasteiger partial charge < -0.3 is 14.8 Å². The summed E-state index contributed by atoms with van der Waals surface area (Å²) in [5.41, 5.74) is 1.84. The standard InChI is InChI=1S/C16H19F2N3O3/c1-10-6-12(7-11(2)14(10)24-16(17)18)15(22)20-13-8-19-21(9-13)4-5-23-3/h6-9,16H,4-5H2,1-3H3,(H,20,22). The number of carbonyl (C=O) groups excluding carboxylic acids is 1. The van der Waals surface area contributed by atoms with Crippen molar-refractivity contribution in [2.75, 3.05) is 19.0 Å². The summed E-state index contributed by atoms with van der Waals surface area (Å²) in [4.78, 5) is 12.3. The first-order valence-electron chi connectivity index (χ1n) is 7.29. The van der Waals surface area contributed by atoms with E-state index >= 15 is 0 Å². The zero-order chi connectivity index (χ0) is 17.7.